The van der Waals surface area contributed by atoms with Crippen molar-refractivity contribution in [2.24, 2.45) is 0 Å². The topological polar surface area (TPSA) is 12.0 Å². The van der Waals surface area contributed by atoms with Gasteiger partial charge in [0, 0.05) is 16.6 Å². The lowest BCUT2D eigenvalue weighted by molar-refractivity contribution is -0.137. The molecular formula is C14H9BrClF4N. The summed E-state index contributed by atoms with van der Waals surface area (Å²) in [5.41, 5.74) is -0.143. The van der Waals surface area contributed by atoms with Crippen LogP contribution in [-0.4, -0.2) is 0 Å². The Morgan fingerprint density at radius 2 is 1.81 bits per heavy atom. The lowest BCUT2D eigenvalue weighted by Gasteiger charge is -2.12. The zero-order chi connectivity index (χ0) is 15.6. The van der Waals surface area contributed by atoms with Crippen LogP contribution < -0.4 is 5.32 Å². The van der Waals surface area contributed by atoms with Crippen molar-refractivity contribution < 1.29 is 17.6 Å². The van der Waals surface area contributed by atoms with Gasteiger partial charge in [-0.1, -0.05) is 27.5 Å². The van der Waals surface area contributed by atoms with Gasteiger partial charge in [-0.25, -0.2) is 4.39 Å². The Hall–Kier alpha value is -1.27. The number of benzene rings is 2. The highest BCUT2D eigenvalue weighted by molar-refractivity contribution is 9.10. The summed E-state index contributed by atoms with van der Waals surface area (Å²) in [4.78, 5) is 0. The summed E-state index contributed by atoms with van der Waals surface area (Å²) in [5, 5.41) is 2.75. The number of alkyl halides is 3. The fraction of sp³-hybridized carbons (Fsp3) is 0.143. The molecule has 0 saturated heterocycles. The summed E-state index contributed by atoms with van der Waals surface area (Å²) in [6.07, 6.45) is -4.45. The average molecular weight is 383 g/mol. The average Bonchev–Trinajstić information content (AvgIpc) is 2.40. The second-order valence-corrected chi connectivity index (χ2v) is 5.60. The van der Waals surface area contributed by atoms with Crippen molar-refractivity contribution in [1.29, 1.82) is 0 Å². The molecule has 1 nitrogen and oxygen atoms in total. The van der Waals surface area contributed by atoms with Gasteiger partial charge >= 0.3 is 6.18 Å². The maximum Gasteiger partial charge on any atom is 0.416 e. The first kappa shape index (κ1) is 16.1. The lowest BCUT2D eigenvalue weighted by Crippen LogP contribution is -2.06. The van der Waals surface area contributed by atoms with Gasteiger partial charge in [0.25, 0.3) is 0 Å². The molecule has 0 radical (unpaired) electrons. The number of anilines is 1. The third-order valence-electron chi connectivity index (χ3n) is 2.77. The molecule has 0 amide bonds. The van der Waals surface area contributed by atoms with Crippen molar-refractivity contribution in [3.8, 4) is 0 Å². The minimum absolute atomic E-state index is 0.0692. The van der Waals surface area contributed by atoms with E-state index in [1.54, 1.807) is 12.1 Å². The van der Waals surface area contributed by atoms with Gasteiger partial charge in [-0.05, 0) is 36.4 Å². The summed E-state index contributed by atoms with van der Waals surface area (Å²) in [5.74, 6) is -0.409. The summed E-state index contributed by atoms with van der Waals surface area (Å²) < 4.78 is 51.8. The molecule has 0 saturated carbocycles. The van der Waals surface area contributed by atoms with Gasteiger partial charge in [0.2, 0.25) is 0 Å². The number of hydrogen-bond acceptors (Lipinski definition) is 1. The quantitative estimate of drug-likeness (QED) is 0.654. The normalized spacial score (nSPS) is 11.5. The van der Waals surface area contributed by atoms with Crippen molar-refractivity contribution in [2.75, 3.05) is 5.32 Å². The Morgan fingerprint density at radius 1 is 1.10 bits per heavy atom. The van der Waals surface area contributed by atoms with Gasteiger partial charge in [-0.15, -0.1) is 0 Å². The second kappa shape index (κ2) is 6.23. The van der Waals surface area contributed by atoms with E-state index in [1.807, 2.05) is 0 Å². The molecule has 21 heavy (non-hydrogen) atoms. The molecule has 0 aliphatic carbocycles. The summed E-state index contributed by atoms with van der Waals surface area (Å²) >= 11 is 9.03. The van der Waals surface area contributed by atoms with E-state index in [-0.39, 0.29) is 11.6 Å². The summed E-state index contributed by atoms with van der Waals surface area (Å²) in [6, 6.07) is 7.42. The fourth-order valence-electron chi connectivity index (χ4n) is 1.70. The molecule has 0 atom stereocenters. The molecule has 1 N–H and O–H groups in total. The van der Waals surface area contributed by atoms with E-state index in [1.165, 1.54) is 12.1 Å². The van der Waals surface area contributed by atoms with Gasteiger partial charge < -0.3 is 5.32 Å². The minimum Gasteiger partial charge on any atom is -0.380 e. The Bertz CT molecular complexity index is 658. The van der Waals surface area contributed by atoms with Crippen molar-refractivity contribution in [2.45, 2.75) is 12.7 Å². The predicted molar refractivity (Wildman–Crippen MR) is 77.9 cm³/mol. The first-order chi connectivity index (χ1) is 9.77. The minimum atomic E-state index is -4.45. The van der Waals surface area contributed by atoms with Crippen LogP contribution in [0, 0.1) is 5.82 Å². The van der Waals surface area contributed by atoms with Crippen LogP contribution in [-0.2, 0) is 12.7 Å². The lowest BCUT2D eigenvalue weighted by atomic mass is 10.1. The number of hydrogen-bond donors (Lipinski definition) is 1. The molecule has 0 heterocycles. The summed E-state index contributed by atoms with van der Waals surface area (Å²) in [7, 11) is 0. The molecule has 0 aliphatic heterocycles. The monoisotopic (exact) mass is 381 g/mol. The van der Waals surface area contributed by atoms with Crippen LogP contribution in [0.25, 0.3) is 0 Å². The molecule has 2 rings (SSSR count). The third kappa shape index (κ3) is 4.11. The van der Waals surface area contributed by atoms with Crippen molar-refractivity contribution in [3.05, 3.63) is 62.8 Å². The first-order valence-electron chi connectivity index (χ1n) is 5.82. The van der Waals surface area contributed by atoms with Gasteiger partial charge in [0.05, 0.1) is 16.3 Å². The van der Waals surface area contributed by atoms with Crippen LogP contribution in [0.1, 0.15) is 11.1 Å². The molecular weight excluding hydrogens is 374 g/mol. The first-order valence-corrected chi connectivity index (χ1v) is 6.99. The molecule has 2 aromatic carbocycles. The van der Waals surface area contributed by atoms with Crippen LogP contribution in [0.15, 0.2) is 40.9 Å². The van der Waals surface area contributed by atoms with E-state index < -0.39 is 17.6 Å². The van der Waals surface area contributed by atoms with E-state index in [0.717, 1.165) is 12.1 Å². The van der Waals surface area contributed by atoms with Crippen LogP contribution >= 0.6 is 27.5 Å². The Morgan fingerprint density at radius 3 is 2.43 bits per heavy atom. The van der Waals surface area contributed by atoms with Crippen LogP contribution in [0.5, 0.6) is 0 Å². The van der Waals surface area contributed by atoms with Crippen LogP contribution in [0.4, 0.5) is 23.2 Å². The molecule has 0 spiro atoms. The highest BCUT2D eigenvalue weighted by atomic mass is 79.9. The van der Waals surface area contributed by atoms with E-state index >= 15 is 0 Å². The smallest absolute Gasteiger partial charge is 0.380 e. The SMILES string of the molecule is Fc1ccc(Br)cc1CNc1ccc(C(F)(F)F)cc1Cl. The molecule has 0 aliphatic rings. The molecule has 0 fully saturated rings. The van der Waals surface area contributed by atoms with Crippen molar-refractivity contribution >= 4 is 33.2 Å². The zero-order valence-electron chi connectivity index (χ0n) is 10.4. The molecule has 0 aromatic heterocycles. The van der Waals surface area contributed by atoms with E-state index in [2.05, 4.69) is 21.2 Å². The molecule has 0 bridgehead atoms. The van der Waals surface area contributed by atoms with Crippen molar-refractivity contribution in [3.63, 3.8) is 0 Å². The molecule has 112 valence electrons. The predicted octanol–water partition coefficient (Wildman–Crippen LogP) is 5.87. The Labute approximate surface area is 132 Å². The number of nitrogens with one attached hydrogen (secondary N) is 1. The van der Waals surface area contributed by atoms with Gasteiger partial charge in [0.1, 0.15) is 5.82 Å². The highest BCUT2D eigenvalue weighted by Gasteiger charge is 2.30. The van der Waals surface area contributed by atoms with Crippen LogP contribution in [0.3, 0.4) is 0 Å². The molecule has 2 aromatic rings. The molecule has 7 heteroatoms. The van der Waals surface area contributed by atoms with Crippen LogP contribution in [0.2, 0.25) is 5.02 Å². The Balaban J connectivity index is 2.15. The van der Waals surface area contributed by atoms with E-state index in [9.17, 15) is 17.6 Å². The number of halogens is 6. The van der Waals surface area contributed by atoms with Gasteiger partial charge in [-0.3, -0.25) is 0 Å². The largest absolute Gasteiger partial charge is 0.416 e. The maximum atomic E-state index is 13.6. The summed E-state index contributed by atoms with van der Waals surface area (Å²) in [6.45, 7) is 0.107. The van der Waals surface area contributed by atoms with Gasteiger partial charge in [-0.2, -0.15) is 13.2 Å². The van der Waals surface area contributed by atoms with Crippen molar-refractivity contribution in [1.82, 2.24) is 0 Å². The van der Waals surface area contributed by atoms with Gasteiger partial charge in [0.15, 0.2) is 0 Å². The van der Waals surface area contributed by atoms with E-state index in [4.69, 9.17) is 11.6 Å². The Kier molecular flexibility index (Phi) is 4.78. The zero-order valence-corrected chi connectivity index (χ0v) is 12.8. The fourth-order valence-corrected chi connectivity index (χ4v) is 2.36. The van der Waals surface area contributed by atoms with E-state index in [0.29, 0.717) is 15.7 Å². The second-order valence-electron chi connectivity index (χ2n) is 4.28. The number of rotatable bonds is 3. The molecule has 0 unspecified atom stereocenters. The third-order valence-corrected chi connectivity index (χ3v) is 3.58. The maximum absolute atomic E-state index is 13.6. The standard InChI is InChI=1S/C14H9BrClF4N/c15-10-2-3-12(17)8(5-10)7-21-13-4-1-9(6-11(13)16)14(18,19)20/h1-6,21H,7H2. The highest BCUT2D eigenvalue weighted by Crippen LogP contribution is 2.34.